The molecule has 0 atom stereocenters. The van der Waals surface area contributed by atoms with Gasteiger partial charge >= 0.3 is 0 Å². The molecule has 0 aromatic heterocycles. The number of nitrogens with one attached hydrogen (secondary N) is 1. The third kappa shape index (κ3) is 5.63. The number of carbonyl (C=O) groups excluding carboxylic acids is 1. The van der Waals surface area contributed by atoms with Gasteiger partial charge in [0.25, 0.3) is 5.91 Å². The van der Waals surface area contributed by atoms with Gasteiger partial charge in [0.15, 0.2) is 0 Å². The summed E-state index contributed by atoms with van der Waals surface area (Å²) in [6.45, 7) is 0.730. The molecule has 0 radical (unpaired) electrons. The van der Waals surface area contributed by atoms with Crippen LogP contribution in [0.4, 0.5) is 0 Å². The lowest BCUT2D eigenvalue weighted by Gasteiger charge is -2.06. The summed E-state index contributed by atoms with van der Waals surface area (Å²) in [6, 6.07) is 5.20. The molecular weight excluding hydrogens is 334 g/mol. The summed E-state index contributed by atoms with van der Waals surface area (Å²) in [5, 5.41) is 3.53. The molecule has 5 heteroatoms. The van der Waals surface area contributed by atoms with E-state index in [-0.39, 0.29) is 5.91 Å². The van der Waals surface area contributed by atoms with Crippen LogP contribution in [0.2, 0.25) is 5.02 Å². The van der Waals surface area contributed by atoms with Crippen molar-refractivity contribution in [3.63, 3.8) is 0 Å². The first-order valence-electron chi connectivity index (χ1n) is 5.87. The Balaban J connectivity index is 2.30. The fourth-order valence-electron chi connectivity index (χ4n) is 1.49. The van der Waals surface area contributed by atoms with Crippen molar-refractivity contribution in [3.8, 4) is 0 Å². The van der Waals surface area contributed by atoms with Crippen molar-refractivity contribution >= 4 is 45.2 Å². The van der Waals surface area contributed by atoms with E-state index >= 15 is 0 Å². The normalized spacial score (nSPS) is 10.4. The second kappa shape index (κ2) is 8.83. The minimum absolute atomic E-state index is 0.0442. The van der Waals surface area contributed by atoms with Crippen molar-refractivity contribution in [2.45, 2.75) is 19.3 Å². The molecule has 18 heavy (non-hydrogen) atoms. The number of unbranched alkanes of at least 4 members (excludes halogenated alkanes) is 2. The average Bonchev–Trinajstić information content (AvgIpc) is 2.36. The summed E-state index contributed by atoms with van der Waals surface area (Å²) in [6.07, 6.45) is 5.51. The molecule has 0 aliphatic rings. The highest BCUT2D eigenvalue weighted by Crippen LogP contribution is 2.23. The molecule has 1 amide bonds. The fraction of sp³-hybridized carbons (Fsp3) is 0.462. The molecule has 0 saturated heterocycles. The summed E-state index contributed by atoms with van der Waals surface area (Å²) >= 11 is 11.1. The highest BCUT2D eigenvalue weighted by molar-refractivity contribution is 9.10. The minimum atomic E-state index is -0.0442. The van der Waals surface area contributed by atoms with Gasteiger partial charge in [-0.2, -0.15) is 11.8 Å². The van der Waals surface area contributed by atoms with Gasteiger partial charge in [-0.1, -0.05) is 18.0 Å². The van der Waals surface area contributed by atoms with Crippen molar-refractivity contribution in [2.75, 3.05) is 18.6 Å². The number of benzene rings is 1. The largest absolute Gasteiger partial charge is 0.352 e. The fourth-order valence-corrected chi connectivity index (χ4v) is 2.48. The lowest BCUT2D eigenvalue weighted by Crippen LogP contribution is -2.24. The van der Waals surface area contributed by atoms with Crippen molar-refractivity contribution in [1.82, 2.24) is 5.32 Å². The first-order chi connectivity index (χ1) is 8.65. The number of amides is 1. The number of thioether (sulfide) groups is 1. The summed E-state index contributed by atoms with van der Waals surface area (Å²) in [4.78, 5) is 11.8. The van der Waals surface area contributed by atoms with Crippen molar-refractivity contribution in [3.05, 3.63) is 33.3 Å². The highest BCUT2D eigenvalue weighted by Gasteiger charge is 2.06. The lowest BCUT2D eigenvalue weighted by molar-refractivity contribution is 0.0953. The molecular formula is C13H17BrClNOS. The molecule has 0 bridgehead atoms. The van der Waals surface area contributed by atoms with Crippen molar-refractivity contribution in [1.29, 1.82) is 0 Å². The van der Waals surface area contributed by atoms with Crippen LogP contribution in [0.1, 0.15) is 29.6 Å². The van der Waals surface area contributed by atoms with Crippen LogP contribution in [0.3, 0.4) is 0 Å². The smallest absolute Gasteiger partial charge is 0.251 e. The van der Waals surface area contributed by atoms with Gasteiger partial charge in [-0.25, -0.2) is 0 Å². The zero-order chi connectivity index (χ0) is 13.4. The predicted octanol–water partition coefficient (Wildman–Crippen LogP) is 4.37. The molecule has 0 unspecified atom stereocenters. The third-order valence-electron chi connectivity index (χ3n) is 2.49. The van der Waals surface area contributed by atoms with Gasteiger partial charge in [0.2, 0.25) is 0 Å². The Morgan fingerprint density at radius 2 is 2.17 bits per heavy atom. The molecule has 0 fully saturated rings. The second-order valence-electron chi connectivity index (χ2n) is 3.94. The summed E-state index contributed by atoms with van der Waals surface area (Å²) < 4.78 is 0.747. The van der Waals surface area contributed by atoms with Gasteiger partial charge in [0, 0.05) is 16.6 Å². The van der Waals surface area contributed by atoms with Crippen LogP contribution in [-0.4, -0.2) is 24.5 Å². The Kier molecular flexibility index (Phi) is 7.79. The quantitative estimate of drug-likeness (QED) is 0.740. The standard InChI is InChI=1S/C13H17BrClNOS/c1-18-8-4-2-3-7-16-13(17)10-5-6-12(15)11(14)9-10/h5-6,9H,2-4,7-8H2,1H3,(H,16,17). The number of halogens is 2. The molecule has 1 rings (SSSR count). The highest BCUT2D eigenvalue weighted by atomic mass is 79.9. The van der Waals surface area contributed by atoms with Crippen LogP contribution in [0.5, 0.6) is 0 Å². The van der Waals surface area contributed by atoms with Crippen molar-refractivity contribution in [2.24, 2.45) is 0 Å². The van der Waals surface area contributed by atoms with Gasteiger partial charge < -0.3 is 5.32 Å². The van der Waals surface area contributed by atoms with E-state index in [1.165, 1.54) is 12.2 Å². The van der Waals surface area contributed by atoms with E-state index in [0.717, 1.165) is 23.9 Å². The van der Waals surface area contributed by atoms with E-state index < -0.39 is 0 Å². The molecule has 100 valence electrons. The second-order valence-corrected chi connectivity index (χ2v) is 6.19. The van der Waals surface area contributed by atoms with Gasteiger partial charge in [-0.05, 0) is 59.0 Å². The van der Waals surface area contributed by atoms with Crippen LogP contribution in [0.25, 0.3) is 0 Å². The number of rotatable bonds is 7. The SMILES string of the molecule is CSCCCCCNC(=O)c1ccc(Cl)c(Br)c1. The van der Waals surface area contributed by atoms with Crippen LogP contribution in [-0.2, 0) is 0 Å². The molecule has 2 nitrogen and oxygen atoms in total. The molecule has 1 N–H and O–H groups in total. The van der Waals surface area contributed by atoms with Crippen molar-refractivity contribution < 1.29 is 4.79 Å². The first-order valence-corrected chi connectivity index (χ1v) is 8.44. The van der Waals surface area contributed by atoms with Crippen LogP contribution < -0.4 is 5.32 Å². The van der Waals surface area contributed by atoms with Crippen LogP contribution in [0, 0.1) is 0 Å². The zero-order valence-electron chi connectivity index (χ0n) is 10.3. The maximum atomic E-state index is 11.8. The van der Waals surface area contributed by atoms with Gasteiger partial charge in [-0.15, -0.1) is 0 Å². The van der Waals surface area contributed by atoms with Gasteiger partial charge in [0.1, 0.15) is 0 Å². The lowest BCUT2D eigenvalue weighted by atomic mass is 10.2. The van der Waals surface area contributed by atoms with E-state index in [9.17, 15) is 4.79 Å². The van der Waals surface area contributed by atoms with E-state index in [0.29, 0.717) is 10.6 Å². The van der Waals surface area contributed by atoms with Crippen LogP contribution in [0.15, 0.2) is 22.7 Å². The third-order valence-corrected chi connectivity index (χ3v) is 4.40. The Labute approximate surface area is 126 Å². The Morgan fingerprint density at radius 1 is 1.39 bits per heavy atom. The van der Waals surface area contributed by atoms with Gasteiger partial charge in [-0.3, -0.25) is 4.79 Å². The number of hydrogen-bond acceptors (Lipinski definition) is 2. The summed E-state index contributed by atoms with van der Waals surface area (Å²) in [7, 11) is 0. The van der Waals surface area contributed by atoms with Gasteiger partial charge in [0.05, 0.1) is 5.02 Å². The number of hydrogen-bond donors (Lipinski definition) is 1. The van der Waals surface area contributed by atoms with Crippen LogP contribution >= 0.6 is 39.3 Å². The van der Waals surface area contributed by atoms with E-state index in [1.54, 1.807) is 18.2 Å². The maximum absolute atomic E-state index is 11.8. The summed E-state index contributed by atoms with van der Waals surface area (Å²) in [5.41, 5.74) is 0.635. The Morgan fingerprint density at radius 3 is 2.83 bits per heavy atom. The monoisotopic (exact) mass is 349 g/mol. The molecule has 1 aromatic rings. The topological polar surface area (TPSA) is 29.1 Å². The molecule has 0 spiro atoms. The molecule has 0 heterocycles. The predicted molar refractivity (Wildman–Crippen MR) is 83.7 cm³/mol. The first kappa shape index (κ1) is 15.9. The molecule has 0 aliphatic heterocycles. The zero-order valence-corrected chi connectivity index (χ0v) is 13.5. The minimum Gasteiger partial charge on any atom is -0.352 e. The summed E-state index contributed by atoms with van der Waals surface area (Å²) in [5.74, 6) is 1.15. The maximum Gasteiger partial charge on any atom is 0.251 e. The van der Waals surface area contributed by atoms with E-state index in [4.69, 9.17) is 11.6 Å². The molecule has 0 saturated carbocycles. The van der Waals surface area contributed by atoms with E-state index in [1.807, 2.05) is 11.8 Å². The Bertz CT molecular complexity index is 401. The molecule has 1 aromatic carbocycles. The Hall–Kier alpha value is -0.190. The molecule has 0 aliphatic carbocycles. The van der Waals surface area contributed by atoms with E-state index in [2.05, 4.69) is 27.5 Å². The average molecular weight is 351 g/mol. The number of carbonyl (C=O) groups is 1.